The van der Waals surface area contributed by atoms with Gasteiger partial charge in [0.15, 0.2) is 0 Å². The summed E-state index contributed by atoms with van der Waals surface area (Å²) in [6.45, 7) is 1.23. The monoisotopic (exact) mass is 416 g/mol. The number of hydrogen-bond acceptors (Lipinski definition) is 3. The molecule has 156 valence electrons. The van der Waals surface area contributed by atoms with Crippen molar-refractivity contribution in [1.29, 1.82) is 0 Å². The maximum atomic E-state index is 13.7. The second kappa shape index (κ2) is 8.54. The summed E-state index contributed by atoms with van der Waals surface area (Å²) >= 11 is 0. The predicted octanol–water partition coefficient (Wildman–Crippen LogP) is 3.37. The van der Waals surface area contributed by atoms with Gasteiger partial charge >= 0.3 is 0 Å². The lowest BCUT2D eigenvalue weighted by Crippen LogP contribution is -2.26. The molecule has 1 saturated carbocycles. The Morgan fingerprint density at radius 1 is 1.10 bits per heavy atom. The van der Waals surface area contributed by atoms with E-state index in [0.29, 0.717) is 24.3 Å². The largest absolute Gasteiger partial charge is 0.319 e. The molecular formula is C23H29FN2O2S. The average Bonchev–Trinajstić information content (AvgIpc) is 3.42. The SMILES string of the molecule is CNCC1Cc2ccc(CNS(=O)(=O)CC3CC3)cc2C1Cc1cccc(F)c1. The molecule has 2 aromatic rings. The Kier molecular flexibility index (Phi) is 6.04. The van der Waals surface area contributed by atoms with Gasteiger partial charge < -0.3 is 5.32 Å². The van der Waals surface area contributed by atoms with Crippen molar-refractivity contribution >= 4 is 10.0 Å². The van der Waals surface area contributed by atoms with Gasteiger partial charge in [0.05, 0.1) is 5.75 Å². The number of hydrogen-bond donors (Lipinski definition) is 2. The van der Waals surface area contributed by atoms with Crippen LogP contribution in [0.2, 0.25) is 0 Å². The molecular weight excluding hydrogens is 387 g/mol. The first-order valence-corrected chi connectivity index (χ1v) is 12.1. The Labute approximate surface area is 173 Å². The summed E-state index contributed by atoms with van der Waals surface area (Å²) in [6.07, 6.45) is 3.82. The van der Waals surface area contributed by atoms with Crippen molar-refractivity contribution in [2.24, 2.45) is 11.8 Å². The van der Waals surface area contributed by atoms with Crippen LogP contribution in [0, 0.1) is 17.7 Å². The molecule has 6 heteroatoms. The molecule has 0 heterocycles. The second-order valence-electron chi connectivity index (χ2n) is 8.54. The maximum absolute atomic E-state index is 13.7. The quantitative estimate of drug-likeness (QED) is 0.659. The fourth-order valence-corrected chi connectivity index (χ4v) is 5.94. The standard InChI is InChI=1S/C23H29FN2O2S/c1-25-14-20-12-19-8-7-18(13-26-29(27,28)15-16-5-6-16)11-22(19)23(20)10-17-3-2-4-21(24)9-17/h2-4,7-9,11,16,20,23,25-26H,5-6,10,12-15H2,1H3. The Bertz CT molecular complexity index is 973. The molecule has 4 nitrogen and oxygen atoms in total. The van der Waals surface area contributed by atoms with E-state index in [9.17, 15) is 12.8 Å². The third-order valence-electron chi connectivity index (χ3n) is 6.12. The van der Waals surface area contributed by atoms with E-state index in [0.717, 1.165) is 43.4 Å². The molecule has 2 atom stereocenters. The van der Waals surface area contributed by atoms with Gasteiger partial charge in [0, 0.05) is 6.54 Å². The fourth-order valence-electron chi connectivity index (χ4n) is 4.48. The van der Waals surface area contributed by atoms with Gasteiger partial charge in [-0.15, -0.1) is 0 Å². The molecule has 0 bridgehead atoms. The molecule has 0 aliphatic heterocycles. The normalized spacial score (nSPS) is 21.3. The summed E-state index contributed by atoms with van der Waals surface area (Å²) in [5, 5.41) is 3.29. The molecule has 0 radical (unpaired) electrons. The number of rotatable bonds is 9. The molecule has 2 aromatic carbocycles. The van der Waals surface area contributed by atoms with Gasteiger partial charge in [-0.25, -0.2) is 17.5 Å². The minimum absolute atomic E-state index is 0.204. The van der Waals surface area contributed by atoms with E-state index < -0.39 is 10.0 Å². The van der Waals surface area contributed by atoms with Gasteiger partial charge in [-0.3, -0.25) is 0 Å². The highest BCUT2D eigenvalue weighted by Gasteiger charge is 2.32. The van der Waals surface area contributed by atoms with Gasteiger partial charge in [-0.2, -0.15) is 0 Å². The molecule has 0 saturated heterocycles. The van der Waals surface area contributed by atoms with Crippen LogP contribution in [-0.2, 0) is 29.4 Å². The summed E-state index contributed by atoms with van der Waals surface area (Å²) in [7, 11) is -1.26. The van der Waals surface area contributed by atoms with Crippen molar-refractivity contribution in [3.05, 3.63) is 70.5 Å². The van der Waals surface area contributed by atoms with Crippen LogP contribution in [0.25, 0.3) is 0 Å². The lowest BCUT2D eigenvalue weighted by Gasteiger charge is -2.21. The first kappa shape index (κ1) is 20.5. The summed E-state index contributed by atoms with van der Waals surface area (Å²) in [5.41, 5.74) is 4.57. The van der Waals surface area contributed by atoms with Crippen LogP contribution >= 0.6 is 0 Å². The third kappa shape index (κ3) is 5.24. The Balaban J connectivity index is 1.52. The molecule has 0 aromatic heterocycles. The van der Waals surface area contributed by atoms with Crippen LogP contribution < -0.4 is 10.0 Å². The van der Waals surface area contributed by atoms with Crippen LogP contribution in [0.5, 0.6) is 0 Å². The lowest BCUT2D eigenvalue weighted by atomic mass is 9.86. The van der Waals surface area contributed by atoms with E-state index in [1.165, 1.54) is 17.2 Å². The molecule has 2 aliphatic carbocycles. The van der Waals surface area contributed by atoms with E-state index in [2.05, 4.69) is 22.2 Å². The van der Waals surface area contributed by atoms with Crippen LogP contribution in [0.3, 0.4) is 0 Å². The summed E-state index contributed by atoms with van der Waals surface area (Å²) < 4.78 is 40.8. The zero-order valence-corrected chi connectivity index (χ0v) is 17.6. The molecule has 2 N–H and O–H groups in total. The van der Waals surface area contributed by atoms with E-state index in [4.69, 9.17) is 0 Å². The lowest BCUT2D eigenvalue weighted by molar-refractivity contribution is 0.435. The molecule has 1 fully saturated rings. The number of halogens is 1. The van der Waals surface area contributed by atoms with Gasteiger partial charge in [0.1, 0.15) is 5.82 Å². The van der Waals surface area contributed by atoms with Crippen molar-refractivity contribution in [2.75, 3.05) is 19.3 Å². The number of nitrogens with one attached hydrogen (secondary N) is 2. The highest BCUT2D eigenvalue weighted by molar-refractivity contribution is 7.89. The summed E-state index contributed by atoms with van der Waals surface area (Å²) in [5.74, 6) is 1.11. The van der Waals surface area contributed by atoms with Gasteiger partial charge in [0.2, 0.25) is 10.0 Å². The van der Waals surface area contributed by atoms with Crippen LogP contribution in [0.4, 0.5) is 4.39 Å². The molecule has 0 amide bonds. The van der Waals surface area contributed by atoms with Gasteiger partial charge in [0.25, 0.3) is 0 Å². The minimum atomic E-state index is -3.22. The predicted molar refractivity (Wildman–Crippen MR) is 114 cm³/mol. The first-order chi connectivity index (χ1) is 13.9. The molecule has 4 rings (SSSR count). The van der Waals surface area contributed by atoms with Crippen molar-refractivity contribution < 1.29 is 12.8 Å². The van der Waals surface area contributed by atoms with Gasteiger partial charge in [-0.05, 0) is 91.4 Å². The van der Waals surface area contributed by atoms with Crippen LogP contribution in [-0.4, -0.2) is 27.8 Å². The summed E-state index contributed by atoms with van der Waals surface area (Å²) in [6, 6.07) is 13.1. The Morgan fingerprint density at radius 3 is 2.66 bits per heavy atom. The zero-order chi connectivity index (χ0) is 20.4. The van der Waals surface area contributed by atoms with Gasteiger partial charge in [-0.1, -0.05) is 30.3 Å². The smallest absolute Gasteiger partial charge is 0.212 e. The van der Waals surface area contributed by atoms with Crippen LogP contribution in [0.15, 0.2) is 42.5 Å². The fraction of sp³-hybridized carbons (Fsp3) is 0.478. The second-order valence-corrected chi connectivity index (χ2v) is 10.4. The van der Waals surface area contributed by atoms with Crippen molar-refractivity contribution in [3.63, 3.8) is 0 Å². The Hall–Kier alpha value is -1.76. The highest BCUT2D eigenvalue weighted by Crippen LogP contribution is 2.40. The zero-order valence-electron chi connectivity index (χ0n) is 16.8. The summed E-state index contributed by atoms with van der Waals surface area (Å²) in [4.78, 5) is 0. The third-order valence-corrected chi connectivity index (χ3v) is 7.61. The van der Waals surface area contributed by atoms with Crippen molar-refractivity contribution in [1.82, 2.24) is 10.0 Å². The van der Waals surface area contributed by atoms with E-state index in [-0.39, 0.29) is 11.6 Å². The average molecular weight is 417 g/mol. The molecule has 0 spiro atoms. The Morgan fingerprint density at radius 2 is 1.93 bits per heavy atom. The highest BCUT2D eigenvalue weighted by atomic mass is 32.2. The topological polar surface area (TPSA) is 58.2 Å². The molecule has 29 heavy (non-hydrogen) atoms. The van der Waals surface area contributed by atoms with E-state index >= 15 is 0 Å². The molecule has 2 aliphatic rings. The maximum Gasteiger partial charge on any atom is 0.212 e. The van der Waals surface area contributed by atoms with E-state index in [1.54, 1.807) is 12.1 Å². The number of sulfonamides is 1. The minimum Gasteiger partial charge on any atom is -0.319 e. The van der Waals surface area contributed by atoms with Crippen LogP contribution in [0.1, 0.15) is 41.0 Å². The van der Waals surface area contributed by atoms with Crippen molar-refractivity contribution in [3.8, 4) is 0 Å². The number of fused-ring (bicyclic) bond motifs is 1. The van der Waals surface area contributed by atoms with E-state index in [1.807, 2.05) is 19.2 Å². The number of benzene rings is 2. The molecule has 2 unspecified atom stereocenters. The first-order valence-electron chi connectivity index (χ1n) is 10.4. The van der Waals surface area contributed by atoms with Crippen molar-refractivity contribution in [2.45, 2.75) is 38.1 Å².